The van der Waals surface area contributed by atoms with Gasteiger partial charge in [0.1, 0.15) is 0 Å². The average Bonchev–Trinajstić information content (AvgIpc) is 2.67. The van der Waals surface area contributed by atoms with Gasteiger partial charge in [0, 0.05) is 20.2 Å². The van der Waals surface area contributed by atoms with Crippen molar-refractivity contribution in [2.24, 2.45) is 0 Å². The van der Waals surface area contributed by atoms with E-state index in [1.165, 1.54) is 0 Å². The van der Waals surface area contributed by atoms with Crippen molar-refractivity contribution in [1.82, 2.24) is 16.0 Å². The lowest BCUT2D eigenvalue weighted by molar-refractivity contribution is -0.120. The number of ether oxygens (including phenoxy) is 1. The Bertz CT molecular complexity index is 662. The molecule has 0 fully saturated rings. The number of hydrogen-bond acceptors (Lipinski definition) is 3. The molecule has 6 heteroatoms. The van der Waals surface area contributed by atoms with Gasteiger partial charge in [0.15, 0.2) is 0 Å². The fourth-order valence-electron chi connectivity index (χ4n) is 2.27. The molecule has 1 unspecified atom stereocenters. The Morgan fingerprint density at radius 1 is 0.920 bits per heavy atom. The Morgan fingerprint density at radius 3 is 2.20 bits per heavy atom. The van der Waals surface area contributed by atoms with Gasteiger partial charge >= 0.3 is 6.03 Å². The first-order valence-electron chi connectivity index (χ1n) is 8.09. The second-order valence-corrected chi connectivity index (χ2v) is 5.46. The Balaban J connectivity index is 1.67. The van der Waals surface area contributed by atoms with Crippen molar-refractivity contribution in [3.8, 4) is 0 Å². The summed E-state index contributed by atoms with van der Waals surface area (Å²) in [6.07, 6.45) is -0.237. The van der Waals surface area contributed by atoms with Gasteiger partial charge in [-0.2, -0.15) is 0 Å². The monoisotopic (exact) mass is 341 g/mol. The van der Waals surface area contributed by atoms with Crippen LogP contribution in [0.4, 0.5) is 4.79 Å². The molecule has 3 N–H and O–H groups in total. The van der Waals surface area contributed by atoms with E-state index in [1.54, 1.807) is 7.11 Å². The zero-order valence-electron chi connectivity index (χ0n) is 14.2. The third-order valence-electron chi connectivity index (χ3n) is 3.65. The largest absolute Gasteiger partial charge is 0.375 e. The van der Waals surface area contributed by atoms with Crippen molar-refractivity contribution >= 4 is 11.9 Å². The summed E-state index contributed by atoms with van der Waals surface area (Å²) < 4.78 is 5.38. The van der Waals surface area contributed by atoms with Gasteiger partial charge in [0.05, 0.1) is 12.6 Å². The average molecular weight is 341 g/mol. The van der Waals surface area contributed by atoms with E-state index in [9.17, 15) is 9.59 Å². The van der Waals surface area contributed by atoms with Crippen LogP contribution in [0.1, 0.15) is 17.2 Å². The number of rotatable bonds is 8. The summed E-state index contributed by atoms with van der Waals surface area (Å²) >= 11 is 0. The van der Waals surface area contributed by atoms with E-state index in [-0.39, 0.29) is 18.6 Å². The molecule has 0 saturated carbocycles. The van der Waals surface area contributed by atoms with Crippen LogP contribution < -0.4 is 16.0 Å². The summed E-state index contributed by atoms with van der Waals surface area (Å²) in [4.78, 5) is 23.6. The maximum atomic E-state index is 11.8. The Hall–Kier alpha value is -2.86. The minimum atomic E-state index is -0.409. The van der Waals surface area contributed by atoms with Crippen LogP contribution in [-0.2, 0) is 16.1 Å². The quantitative estimate of drug-likeness (QED) is 0.687. The number of amides is 3. The van der Waals surface area contributed by atoms with E-state index in [0.717, 1.165) is 11.1 Å². The van der Waals surface area contributed by atoms with Gasteiger partial charge in [-0.1, -0.05) is 60.7 Å². The third-order valence-corrected chi connectivity index (χ3v) is 3.65. The number of nitrogens with one attached hydrogen (secondary N) is 3. The first-order valence-corrected chi connectivity index (χ1v) is 8.09. The predicted molar refractivity (Wildman–Crippen MR) is 95.9 cm³/mol. The van der Waals surface area contributed by atoms with Gasteiger partial charge in [0.25, 0.3) is 0 Å². The zero-order valence-corrected chi connectivity index (χ0v) is 14.2. The molecule has 0 heterocycles. The molecule has 2 rings (SSSR count). The van der Waals surface area contributed by atoms with E-state index in [1.807, 2.05) is 60.7 Å². The van der Waals surface area contributed by atoms with Gasteiger partial charge in [-0.25, -0.2) is 4.79 Å². The smallest absolute Gasteiger partial charge is 0.315 e. The normalized spacial score (nSPS) is 11.4. The van der Waals surface area contributed by atoms with Crippen molar-refractivity contribution in [1.29, 1.82) is 0 Å². The first kappa shape index (κ1) is 18.5. The second kappa shape index (κ2) is 10.1. The number of carbonyl (C=O) groups is 2. The highest BCUT2D eigenvalue weighted by Crippen LogP contribution is 2.14. The van der Waals surface area contributed by atoms with Crippen molar-refractivity contribution in [2.75, 3.05) is 20.2 Å². The van der Waals surface area contributed by atoms with Crippen LogP contribution in [0, 0.1) is 0 Å². The van der Waals surface area contributed by atoms with Gasteiger partial charge in [0.2, 0.25) is 5.91 Å². The molecule has 0 aliphatic heterocycles. The van der Waals surface area contributed by atoms with E-state index >= 15 is 0 Å². The molecule has 1 atom stereocenters. The molecule has 2 aromatic carbocycles. The predicted octanol–water partition coefficient (Wildman–Crippen LogP) is 1.99. The summed E-state index contributed by atoms with van der Waals surface area (Å²) in [7, 11) is 1.59. The zero-order chi connectivity index (χ0) is 17.9. The van der Waals surface area contributed by atoms with Crippen molar-refractivity contribution in [2.45, 2.75) is 12.6 Å². The van der Waals surface area contributed by atoms with Crippen molar-refractivity contribution in [3.63, 3.8) is 0 Å². The molecular weight excluding hydrogens is 318 g/mol. The van der Waals surface area contributed by atoms with Gasteiger partial charge in [-0.05, 0) is 11.1 Å². The lowest BCUT2D eigenvalue weighted by Gasteiger charge is -2.16. The molecule has 0 aliphatic rings. The summed E-state index contributed by atoms with van der Waals surface area (Å²) in [5, 5.41) is 7.99. The minimum absolute atomic E-state index is 0.0817. The molecule has 3 amide bonds. The topological polar surface area (TPSA) is 79.5 Å². The summed E-state index contributed by atoms with van der Waals surface area (Å²) in [5.74, 6) is -0.245. The summed E-state index contributed by atoms with van der Waals surface area (Å²) in [5.41, 5.74) is 1.98. The molecule has 132 valence electrons. The molecule has 25 heavy (non-hydrogen) atoms. The van der Waals surface area contributed by atoms with Crippen LogP contribution in [0.2, 0.25) is 0 Å². The molecule has 6 nitrogen and oxygen atoms in total. The highest BCUT2D eigenvalue weighted by molar-refractivity contribution is 5.83. The van der Waals surface area contributed by atoms with E-state index in [2.05, 4.69) is 16.0 Å². The van der Waals surface area contributed by atoms with E-state index in [4.69, 9.17) is 4.74 Å². The van der Waals surface area contributed by atoms with Crippen LogP contribution in [-0.4, -0.2) is 32.1 Å². The SMILES string of the molecule is COC(CNC(=O)NCC(=O)NCc1ccccc1)c1ccccc1. The van der Waals surface area contributed by atoms with E-state index < -0.39 is 6.03 Å². The van der Waals surface area contributed by atoms with Gasteiger partial charge < -0.3 is 20.7 Å². The fourth-order valence-corrected chi connectivity index (χ4v) is 2.27. The molecule has 0 bridgehead atoms. The fraction of sp³-hybridized carbons (Fsp3) is 0.263. The molecular formula is C19H23N3O3. The van der Waals surface area contributed by atoms with Crippen molar-refractivity contribution in [3.05, 3.63) is 71.8 Å². The van der Waals surface area contributed by atoms with Crippen LogP contribution >= 0.6 is 0 Å². The highest BCUT2D eigenvalue weighted by Gasteiger charge is 2.12. The van der Waals surface area contributed by atoms with Crippen LogP contribution in [0.15, 0.2) is 60.7 Å². The van der Waals surface area contributed by atoms with Gasteiger partial charge in [-0.3, -0.25) is 4.79 Å². The number of urea groups is 1. The molecule has 0 radical (unpaired) electrons. The number of carbonyl (C=O) groups excluding carboxylic acids is 2. The van der Waals surface area contributed by atoms with Crippen LogP contribution in [0.5, 0.6) is 0 Å². The number of benzene rings is 2. The van der Waals surface area contributed by atoms with Crippen LogP contribution in [0.3, 0.4) is 0 Å². The summed E-state index contributed by atoms with van der Waals surface area (Å²) in [6, 6.07) is 18.8. The Morgan fingerprint density at radius 2 is 1.56 bits per heavy atom. The van der Waals surface area contributed by atoms with Crippen LogP contribution in [0.25, 0.3) is 0 Å². The maximum absolute atomic E-state index is 11.8. The lowest BCUT2D eigenvalue weighted by atomic mass is 10.1. The molecule has 0 aliphatic carbocycles. The van der Waals surface area contributed by atoms with E-state index in [0.29, 0.717) is 13.1 Å². The second-order valence-electron chi connectivity index (χ2n) is 5.46. The lowest BCUT2D eigenvalue weighted by Crippen LogP contribution is -2.43. The molecule has 0 aromatic heterocycles. The van der Waals surface area contributed by atoms with Crippen molar-refractivity contribution < 1.29 is 14.3 Å². The number of methoxy groups -OCH3 is 1. The molecule has 0 spiro atoms. The highest BCUT2D eigenvalue weighted by atomic mass is 16.5. The molecule has 0 saturated heterocycles. The standard InChI is InChI=1S/C19H23N3O3/c1-25-17(16-10-6-3-7-11-16)13-21-19(24)22-14-18(23)20-12-15-8-4-2-5-9-15/h2-11,17H,12-14H2,1H3,(H,20,23)(H2,21,22,24). The minimum Gasteiger partial charge on any atom is -0.375 e. The third kappa shape index (κ3) is 6.64. The first-order chi connectivity index (χ1) is 12.2. The maximum Gasteiger partial charge on any atom is 0.315 e. The molecule has 2 aromatic rings. The number of hydrogen-bond donors (Lipinski definition) is 3. The Labute approximate surface area is 147 Å². The summed E-state index contributed by atoms with van der Waals surface area (Å²) in [6.45, 7) is 0.669. The Kier molecular flexibility index (Phi) is 7.46. The van der Waals surface area contributed by atoms with Gasteiger partial charge in [-0.15, -0.1) is 0 Å².